The van der Waals surface area contributed by atoms with Gasteiger partial charge in [0.25, 0.3) is 0 Å². The van der Waals surface area contributed by atoms with E-state index in [1.165, 1.54) is 11.1 Å². The molecule has 0 bridgehead atoms. The molecule has 2 rings (SSSR count). The normalized spacial score (nSPS) is 11.0. The Morgan fingerprint density at radius 2 is 1.80 bits per heavy atom. The maximum absolute atomic E-state index is 12.1. The number of anilines is 1. The maximum atomic E-state index is 12.1. The van der Waals surface area contributed by atoms with Crippen molar-refractivity contribution in [2.24, 2.45) is 0 Å². The second-order valence-corrected chi connectivity index (χ2v) is 6.74. The first-order chi connectivity index (χ1) is 12.0. The molecule has 0 heterocycles. The number of amides is 2. The zero-order valence-corrected chi connectivity index (χ0v) is 15.7. The van der Waals surface area contributed by atoms with Crippen LogP contribution >= 0.6 is 0 Å². The SMILES string of the molecule is CCN(C)Cc1cccc(CNC(=O)Nc2cccc(C(C)C)c2)c1. The Hall–Kier alpha value is -2.33. The van der Waals surface area contributed by atoms with Crippen molar-refractivity contribution >= 4 is 11.7 Å². The summed E-state index contributed by atoms with van der Waals surface area (Å²) in [6.45, 7) is 8.87. The quantitative estimate of drug-likeness (QED) is 0.775. The largest absolute Gasteiger partial charge is 0.334 e. The fourth-order valence-electron chi connectivity index (χ4n) is 2.59. The molecule has 2 amide bonds. The minimum Gasteiger partial charge on any atom is -0.334 e. The molecular formula is C21H29N3O. The molecule has 0 aliphatic rings. The second kappa shape index (κ2) is 9.23. The van der Waals surface area contributed by atoms with Crippen molar-refractivity contribution in [3.8, 4) is 0 Å². The van der Waals surface area contributed by atoms with E-state index < -0.39 is 0 Å². The third-order valence-electron chi connectivity index (χ3n) is 4.25. The van der Waals surface area contributed by atoms with E-state index in [-0.39, 0.29) is 6.03 Å². The van der Waals surface area contributed by atoms with E-state index in [9.17, 15) is 4.79 Å². The van der Waals surface area contributed by atoms with Crippen LogP contribution in [0.3, 0.4) is 0 Å². The highest BCUT2D eigenvalue weighted by Crippen LogP contribution is 2.18. The van der Waals surface area contributed by atoms with Gasteiger partial charge < -0.3 is 15.5 Å². The van der Waals surface area contributed by atoms with Gasteiger partial charge in [-0.25, -0.2) is 4.79 Å². The molecule has 0 aliphatic carbocycles. The van der Waals surface area contributed by atoms with Crippen molar-refractivity contribution in [2.75, 3.05) is 18.9 Å². The van der Waals surface area contributed by atoms with Crippen LogP contribution in [0.1, 0.15) is 43.4 Å². The Morgan fingerprint density at radius 1 is 1.08 bits per heavy atom. The monoisotopic (exact) mass is 339 g/mol. The van der Waals surface area contributed by atoms with Crippen LogP contribution in [0.25, 0.3) is 0 Å². The van der Waals surface area contributed by atoms with Gasteiger partial charge in [-0.1, -0.05) is 57.2 Å². The summed E-state index contributed by atoms with van der Waals surface area (Å²) in [6, 6.07) is 16.1. The van der Waals surface area contributed by atoms with Crippen LogP contribution in [0.5, 0.6) is 0 Å². The van der Waals surface area contributed by atoms with E-state index in [1.807, 2.05) is 30.3 Å². The van der Waals surface area contributed by atoms with Crippen LogP contribution in [0, 0.1) is 0 Å². The first kappa shape index (κ1) is 19.0. The second-order valence-electron chi connectivity index (χ2n) is 6.74. The predicted octanol–water partition coefficient (Wildman–Crippen LogP) is 4.58. The van der Waals surface area contributed by atoms with Gasteiger partial charge in [-0.15, -0.1) is 0 Å². The number of nitrogens with one attached hydrogen (secondary N) is 2. The molecule has 2 aromatic rings. The third kappa shape index (κ3) is 6.24. The van der Waals surface area contributed by atoms with Gasteiger partial charge in [0.2, 0.25) is 0 Å². The molecule has 0 unspecified atom stereocenters. The third-order valence-corrected chi connectivity index (χ3v) is 4.25. The average Bonchev–Trinajstić information content (AvgIpc) is 2.60. The molecule has 0 spiro atoms. The lowest BCUT2D eigenvalue weighted by Crippen LogP contribution is -2.28. The van der Waals surface area contributed by atoms with Crippen LogP contribution in [-0.4, -0.2) is 24.5 Å². The van der Waals surface area contributed by atoms with Crippen LogP contribution in [0.15, 0.2) is 48.5 Å². The van der Waals surface area contributed by atoms with E-state index in [2.05, 4.69) is 61.6 Å². The molecule has 134 valence electrons. The summed E-state index contributed by atoms with van der Waals surface area (Å²) in [7, 11) is 2.10. The summed E-state index contributed by atoms with van der Waals surface area (Å²) < 4.78 is 0. The van der Waals surface area contributed by atoms with Gasteiger partial charge in [0.1, 0.15) is 0 Å². The smallest absolute Gasteiger partial charge is 0.319 e. The Labute approximate surface area is 151 Å². The number of rotatable bonds is 7. The molecule has 0 radical (unpaired) electrons. The summed E-state index contributed by atoms with van der Waals surface area (Å²) in [5.74, 6) is 0.439. The molecule has 4 heteroatoms. The standard InChI is InChI=1S/C21H29N3O/c1-5-24(4)15-18-9-6-8-17(12-18)14-22-21(25)23-20-11-7-10-19(13-20)16(2)3/h6-13,16H,5,14-15H2,1-4H3,(H2,22,23,25). The van der Waals surface area contributed by atoms with Gasteiger partial charge in [-0.3, -0.25) is 0 Å². The van der Waals surface area contributed by atoms with E-state index in [1.54, 1.807) is 0 Å². The lowest BCUT2D eigenvalue weighted by atomic mass is 10.0. The molecule has 0 saturated heterocycles. The molecule has 4 nitrogen and oxygen atoms in total. The molecule has 0 aliphatic heterocycles. The molecular weight excluding hydrogens is 310 g/mol. The molecule has 2 N–H and O–H groups in total. The summed E-state index contributed by atoms with van der Waals surface area (Å²) in [5.41, 5.74) is 4.40. The maximum Gasteiger partial charge on any atom is 0.319 e. The molecule has 2 aromatic carbocycles. The Bertz CT molecular complexity index is 697. The minimum absolute atomic E-state index is 0.183. The van der Waals surface area contributed by atoms with Gasteiger partial charge in [-0.2, -0.15) is 0 Å². The number of carbonyl (C=O) groups is 1. The molecule has 0 aromatic heterocycles. The Balaban J connectivity index is 1.89. The van der Waals surface area contributed by atoms with Gasteiger partial charge in [0, 0.05) is 18.8 Å². The van der Waals surface area contributed by atoms with Crippen LogP contribution in [0.2, 0.25) is 0 Å². The molecule has 0 saturated carbocycles. The Kier molecular flexibility index (Phi) is 7.02. The van der Waals surface area contributed by atoms with Crippen molar-refractivity contribution < 1.29 is 4.79 Å². The summed E-state index contributed by atoms with van der Waals surface area (Å²) >= 11 is 0. The van der Waals surface area contributed by atoms with E-state index in [0.717, 1.165) is 24.3 Å². The highest BCUT2D eigenvalue weighted by Gasteiger charge is 2.05. The van der Waals surface area contributed by atoms with Crippen molar-refractivity contribution in [1.82, 2.24) is 10.2 Å². The minimum atomic E-state index is -0.183. The zero-order valence-electron chi connectivity index (χ0n) is 15.7. The summed E-state index contributed by atoms with van der Waals surface area (Å²) in [5, 5.41) is 5.83. The molecule has 0 fully saturated rings. The van der Waals surface area contributed by atoms with Gasteiger partial charge in [0.15, 0.2) is 0 Å². The number of carbonyl (C=O) groups excluding carboxylic acids is 1. The average molecular weight is 339 g/mol. The van der Waals surface area contributed by atoms with Gasteiger partial charge >= 0.3 is 6.03 Å². The number of urea groups is 1. The van der Waals surface area contributed by atoms with Crippen LogP contribution in [-0.2, 0) is 13.1 Å². The van der Waals surface area contributed by atoms with E-state index in [0.29, 0.717) is 12.5 Å². The topological polar surface area (TPSA) is 44.4 Å². The predicted molar refractivity (Wildman–Crippen MR) is 105 cm³/mol. The van der Waals surface area contributed by atoms with E-state index >= 15 is 0 Å². The summed E-state index contributed by atoms with van der Waals surface area (Å²) in [6.07, 6.45) is 0. The van der Waals surface area contributed by atoms with Crippen LogP contribution in [0.4, 0.5) is 10.5 Å². The highest BCUT2D eigenvalue weighted by molar-refractivity contribution is 5.89. The van der Waals surface area contributed by atoms with Crippen molar-refractivity contribution in [3.63, 3.8) is 0 Å². The molecule has 25 heavy (non-hydrogen) atoms. The number of nitrogens with zero attached hydrogens (tertiary/aromatic N) is 1. The Morgan fingerprint density at radius 3 is 2.52 bits per heavy atom. The first-order valence-corrected chi connectivity index (χ1v) is 8.89. The highest BCUT2D eigenvalue weighted by atomic mass is 16.2. The molecule has 0 atom stereocenters. The van der Waals surface area contributed by atoms with Gasteiger partial charge in [0.05, 0.1) is 0 Å². The fourth-order valence-corrected chi connectivity index (χ4v) is 2.59. The fraction of sp³-hybridized carbons (Fsp3) is 0.381. The first-order valence-electron chi connectivity index (χ1n) is 8.89. The van der Waals surface area contributed by atoms with Crippen molar-refractivity contribution in [1.29, 1.82) is 0 Å². The van der Waals surface area contributed by atoms with Crippen molar-refractivity contribution in [2.45, 2.75) is 39.8 Å². The zero-order chi connectivity index (χ0) is 18.2. The van der Waals surface area contributed by atoms with E-state index in [4.69, 9.17) is 0 Å². The van der Waals surface area contributed by atoms with Crippen molar-refractivity contribution in [3.05, 3.63) is 65.2 Å². The number of hydrogen-bond acceptors (Lipinski definition) is 2. The summed E-state index contributed by atoms with van der Waals surface area (Å²) in [4.78, 5) is 14.4. The van der Waals surface area contributed by atoms with Crippen LogP contribution < -0.4 is 10.6 Å². The number of hydrogen-bond donors (Lipinski definition) is 2. The lowest BCUT2D eigenvalue weighted by Gasteiger charge is -2.15. The van der Waals surface area contributed by atoms with Gasteiger partial charge in [-0.05, 0) is 48.3 Å². The number of benzene rings is 2. The lowest BCUT2D eigenvalue weighted by molar-refractivity contribution is 0.251.